The summed E-state index contributed by atoms with van der Waals surface area (Å²) in [6.45, 7) is 6.13. The summed E-state index contributed by atoms with van der Waals surface area (Å²) in [6.07, 6.45) is 22.9. The van der Waals surface area contributed by atoms with Gasteiger partial charge in [-0.3, -0.25) is 0 Å². The topological polar surface area (TPSA) is 18.1 Å². The van der Waals surface area contributed by atoms with Gasteiger partial charge in [-0.25, -0.2) is 0 Å². The first-order valence-electron chi connectivity index (χ1n) is 17.9. The predicted octanol–water partition coefficient (Wildman–Crippen LogP) is 9.67. The van der Waals surface area contributed by atoms with Crippen molar-refractivity contribution in [2.24, 2.45) is 0 Å². The zero-order valence-electron chi connectivity index (χ0n) is 29.4. The zero-order chi connectivity index (χ0) is 35.2. The molecule has 7 aromatic rings. The maximum absolute atomic E-state index is 6.56. The average Bonchev–Trinajstić information content (AvgIpc) is 3.37. The molecule has 0 unspecified atom stereocenters. The van der Waals surface area contributed by atoms with Crippen LogP contribution in [0.4, 0.5) is 0 Å². The van der Waals surface area contributed by atoms with Gasteiger partial charge in [0.1, 0.15) is 5.58 Å². The summed E-state index contributed by atoms with van der Waals surface area (Å²) in [5.74, 6) is 0. The molecule has 246 valence electrons. The summed E-state index contributed by atoms with van der Waals surface area (Å²) in [6, 6.07) is 32.6. The summed E-state index contributed by atoms with van der Waals surface area (Å²) < 4.78 is 8.95. The lowest BCUT2D eigenvalue weighted by Gasteiger charge is -2.17. The van der Waals surface area contributed by atoms with Gasteiger partial charge in [-0.05, 0) is 94.8 Å². The van der Waals surface area contributed by atoms with Crippen LogP contribution >= 0.6 is 0 Å². The van der Waals surface area contributed by atoms with Crippen LogP contribution in [0.3, 0.4) is 0 Å². The number of nitrogens with zero attached hydrogens (tertiary/aromatic N) is 1. The molecule has 2 heterocycles. The number of benzene rings is 5. The van der Waals surface area contributed by atoms with Gasteiger partial charge in [0.05, 0.1) is 21.9 Å². The van der Waals surface area contributed by atoms with Crippen molar-refractivity contribution in [3.63, 3.8) is 0 Å². The summed E-state index contributed by atoms with van der Waals surface area (Å²) in [5.41, 5.74) is 21.3. The fourth-order valence-corrected chi connectivity index (χ4v) is 7.77. The van der Waals surface area contributed by atoms with E-state index >= 15 is 0 Å². The number of fused-ring (bicyclic) bond motifs is 9. The third-order valence-electron chi connectivity index (χ3n) is 9.99. The molecule has 10 rings (SSSR count). The van der Waals surface area contributed by atoms with E-state index in [1.165, 1.54) is 32.3 Å². The first-order valence-corrected chi connectivity index (χ1v) is 17.9. The number of aryl methyl sites for hydroxylation is 1. The van der Waals surface area contributed by atoms with Crippen molar-refractivity contribution in [3.8, 4) is 0 Å². The molecule has 3 aliphatic rings. The molecule has 0 aliphatic heterocycles. The van der Waals surface area contributed by atoms with Crippen LogP contribution in [0.2, 0.25) is 0 Å². The molecule has 0 fully saturated rings. The van der Waals surface area contributed by atoms with E-state index in [1.54, 1.807) is 0 Å². The fourth-order valence-electron chi connectivity index (χ4n) is 7.77. The quantitative estimate of drug-likeness (QED) is 0.172. The maximum Gasteiger partial charge on any atom is 0.151 e. The molecule has 0 atom stereocenters. The Morgan fingerprint density at radius 3 is 2.25 bits per heavy atom. The number of furan rings is 1. The van der Waals surface area contributed by atoms with Gasteiger partial charge in [-0.2, -0.15) is 0 Å². The third kappa shape index (κ3) is 4.91. The van der Waals surface area contributed by atoms with Gasteiger partial charge in [0.15, 0.2) is 5.42 Å². The van der Waals surface area contributed by atoms with Crippen LogP contribution < -0.4 is 21.1 Å². The lowest BCUT2D eigenvalue weighted by Crippen LogP contribution is -2.25. The van der Waals surface area contributed by atoms with Gasteiger partial charge < -0.3 is 8.98 Å². The van der Waals surface area contributed by atoms with Crippen molar-refractivity contribution in [2.75, 3.05) is 0 Å². The van der Waals surface area contributed by atoms with Gasteiger partial charge >= 0.3 is 0 Å². The minimum atomic E-state index is 0.850. The van der Waals surface area contributed by atoms with Crippen molar-refractivity contribution in [2.45, 2.75) is 20.8 Å². The van der Waals surface area contributed by atoms with E-state index in [2.05, 4.69) is 156 Å². The number of aromatic nitrogens is 1. The van der Waals surface area contributed by atoms with Crippen LogP contribution in [-0.2, 0) is 0 Å². The summed E-state index contributed by atoms with van der Waals surface area (Å²) in [5, 5.41) is 9.13. The lowest BCUT2D eigenvalue weighted by atomic mass is 9.93. The van der Waals surface area contributed by atoms with E-state index < -0.39 is 0 Å². The summed E-state index contributed by atoms with van der Waals surface area (Å²) >= 11 is 0. The van der Waals surface area contributed by atoms with E-state index in [9.17, 15) is 0 Å². The second-order valence-corrected chi connectivity index (χ2v) is 12.8. The highest BCUT2D eigenvalue weighted by Gasteiger charge is 2.21. The lowest BCUT2D eigenvalue weighted by molar-refractivity contribution is 0.573. The first-order chi connectivity index (χ1) is 25.7. The smallest absolute Gasteiger partial charge is 0.151 e. The van der Waals surface area contributed by atoms with Gasteiger partial charge in [0.2, 0.25) is 0 Å². The molecule has 2 heteroatoms. The number of allylic oxidation sites excluding steroid dienone is 11. The van der Waals surface area contributed by atoms with Crippen LogP contribution in [0.5, 0.6) is 0 Å². The van der Waals surface area contributed by atoms with Crippen LogP contribution in [-0.4, -0.2) is 4.57 Å². The Kier molecular flexibility index (Phi) is 7.71. The van der Waals surface area contributed by atoms with Gasteiger partial charge in [-0.1, -0.05) is 111 Å². The van der Waals surface area contributed by atoms with E-state index in [1.807, 2.05) is 44.2 Å². The van der Waals surface area contributed by atoms with Crippen LogP contribution in [0, 0.1) is 6.92 Å². The molecular weight excluding hydrogens is 631 g/mol. The second-order valence-electron chi connectivity index (χ2n) is 12.8. The molecule has 0 bridgehead atoms. The molecule has 0 amide bonds. The summed E-state index contributed by atoms with van der Waals surface area (Å²) in [7, 11) is 0. The number of hydrogen-bond acceptors (Lipinski definition) is 1. The Balaban J connectivity index is 0.00000177. The molecule has 0 saturated heterocycles. The summed E-state index contributed by atoms with van der Waals surface area (Å²) in [4.78, 5) is 0. The fraction of sp³-hybridized carbons (Fsp3) is 0.0600. The van der Waals surface area contributed by atoms with E-state index in [0.717, 1.165) is 65.8 Å². The molecule has 2 nitrogen and oxygen atoms in total. The van der Waals surface area contributed by atoms with E-state index in [4.69, 9.17) is 4.42 Å². The van der Waals surface area contributed by atoms with Crippen molar-refractivity contribution < 1.29 is 4.42 Å². The van der Waals surface area contributed by atoms with Crippen molar-refractivity contribution >= 4 is 77.9 Å². The molecular formula is C50H35NO. The van der Waals surface area contributed by atoms with Crippen LogP contribution in [0.1, 0.15) is 30.5 Å². The standard InChI is InChI=1S/C48H29NO.C2H6/c1-31-15-14-26-46-47(31)40-23-11-8-18-35(48(40)50-46)33-27-28-45-42(30-33)39-22-12-13-25-44(39)49(45)43-24-7-3-6-21-38(43)41-29-32-16-4-2-5-17-34(32)36-19-9-10-20-37(36)41;1-2/h2-15,17-20,22,24-30H,1H3;1-2H3. The van der Waals surface area contributed by atoms with Crippen molar-refractivity contribution in [3.05, 3.63) is 195 Å². The monoisotopic (exact) mass is 665 g/mol. The minimum Gasteiger partial charge on any atom is -0.455 e. The molecule has 52 heavy (non-hydrogen) atoms. The van der Waals surface area contributed by atoms with Gasteiger partial charge in [-0.15, -0.1) is 17.2 Å². The Hall–Kier alpha value is -6.78. The molecule has 0 spiro atoms. The molecule has 5 aromatic carbocycles. The number of hydrogen-bond donors (Lipinski definition) is 0. The SMILES string of the molecule is CC.Cc1cccc2oc3c(c12)=C=CC=CC=3c1ccc2c(c1)c1ccccc1n2C1=CC=CC=C=C1c1cc2c(c3ccccc13)=CC=CC=C=2. The zero-order valence-corrected chi connectivity index (χ0v) is 29.4. The largest absolute Gasteiger partial charge is 0.455 e. The molecule has 0 N–H and O–H groups in total. The third-order valence-corrected chi connectivity index (χ3v) is 9.99. The Bertz CT molecular complexity index is 3200. The number of para-hydroxylation sites is 1. The normalized spacial score (nSPS) is 14.1. The molecule has 0 saturated carbocycles. The van der Waals surface area contributed by atoms with E-state index in [0.29, 0.717) is 0 Å². The highest BCUT2D eigenvalue weighted by molar-refractivity contribution is 6.16. The highest BCUT2D eigenvalue weighted by Crippen LogP contribution is 2.39. The Morgan fingerprint density at radius 2 is 1.37 bits per heavy atom. The average molecular weight is 666 g/mol. The molecule has 2 aromatic heterocycles. The van der Waals surface area contributed by atoms with Crippen LogP contribution in [0.25, 0.3) is 77.9 Å². The Morgan fingerprint density at radius 1 is 0.615 bits per heavy atom. The number of rotatable bonds is 3. The Labute approximate surface area is 301 Å². The van der Waals surface area contributed by atoms with Crippen molar-refractivity contribution in [1.29, 1.82) is 0 Å². The maximum atomic E-state index is 6.56. The van der Waals surface area contributed by atoms with Gasteiger partial charge in [0.25, 0.3) is 0 Å². The highest BCUT2D eigenvalue weighted by atomic mass is 16.3. The van der Waals surface area contributed by atoms with Gasteiger partial charge in [0, 0.05) is 38.1 Å². The van der Waals surface area contributed by atoms with E-state index in [-0.39, 0.29) is 0 Å². The molecule has 0 radical (unpaired) electrons. The first kappa shape index (κ1) is 31.2. The van der Waals surface area contributed by atoms with Crippen LogP contribution in [0.15, 0.2) is 162 Å². The van der Waals surface area contributed by atoms with Crippen molar-refractivity contribution in [1.82, 2.24) is 4.57 Å². The minimum absolute atomic E-state index is 0.850. The molecule has 3 aliphatic carbocycles. The predicted molar refractivity (Wildman–Crippen MR) is 220 cm³/mol. The second kappa shape index (κ2) is 12.8.